The molecule has 0 aromatic heterocycles. The summed E-state index contributed by atoms with van der Waals surface area (Å²) in [7, 11) is 0. The molecule has 0 aromatic carbocycles. The second-order valence-electron chi connectivity index (χ2n) is 14.3. The summed E-state index contributed by atoms with van der Waals surface area (Å²) in [6, 6.07) is -1.71. The molecule has 16 N–H and O–H groups in total. The molecule has 0 aromatic rings. The minimum atomic E-state index is -2.26. The fraction of sp³-hybridized carbons (Fsp3) is 0.938. The molecule has 4 aliphatic rings. The van der Waals surface area contributed by atoms with Gasteiger partial charge in [-0.1, -0.05) is 0 Å². The number of rotatable bonds is 17. The van der Waals surface area contributed by atoms with Gasteiger partial charge in [0.25, 0.3) is 0 Å². The van der Waals surface area contributed by atoms with Gasteiger partial charge in [0.15, 0.2) is 31.4 Å². The van der Waals surface area contributed by atoms with Crippen molar-refractivity contribution < 1.29 is 124 Å². The number of hydrogen-bond donors (Lipinski definition) is 16. The van der Waals surface area contributed by atoms with Gasteiger partial charge in [-0.25, -0.2) is 0 Å². The summed E-state index contributed by atoms with van der Waals surface area (Å²) in [4.78, 5) is 24.3. The maximum absolute atomic E-state index is 12.4. The Kier molecular flexibility index (Phi) is 18.0. The van der Waals surface area contributed by atoms with Crippen molar-refractivity contribution in [3.05, 3.63) is 0 Å². The Labute approximate surface area is 329 Å². The van der Waals surface area contributed by atoms with Crippen LogP contribution >= 0.6 is 0 Å². The Bertz CT molecular complexity index is 1290. The largest absolute Gasteiger partial charge is 0.394 e. The van der Waals surface area contributed by atoms with E-state index in [9.17, 15) is 86.2 Å². The maximum atomic E-state index is 12.4. The molecule has 0 spiro atoms. The molecule has 0 aliphatic carbocycles. The van der Waals surface area contributed by atoms with Crippen molar-refractivity contribution in [2.45, 2.75) is 161 Å². The summed E-state index contributed by atoms with van der Waals surface area (Å²) in [6.45, 7) is -1.75. The first-order valence-electron chi connectivity index (χ1n) is 18.2. The van der Waals surface area contributed by atoms with Crippen LogP contribution < -0.4 is 5.32 Å². The lowest BCUT2D eigenvalue weighted by molar-refractivity contribution is -0.375. The molecule has 4 fully saturated rings. The topological polar surface area (TPSA) is 423 Å². The summed E-state index contributed by atoms with van der Waals surface area (Å²) in [5.41, 5.74) is 0. The fourth-order valence-electron chi connectivity index (χ4n) is 6.91. The van der Waals surface area contributed by atoms with E-state index in [0.717, 1.165) is 6.92 Å². The highest BCUT2D eigenvalue weighted by Gasteiger charge is 2.56. The summed E-state index contributed by atoms with van der Waals surface area (Å²) in [5.74, 6) is -0.828. The number of ether oxygens (including phenoxy) is 8. The van der Waals surface area contributed by atoms with Crippen LogP contribution in [0.5, 0.6) is 0 Å². The van der Waals surface area contributed by atoms with E-state index in [-0.39, 0.29) is 6.29 Å². The number of aldehydes is 1. The summed E-state index contributed by atoms with van der Waals surface area (Å²) in [5, 5.41) is 159. The van der Waals surface area contributed by atoms with Crippen LogP contribution in [0.15, 0.2) is 0 Å². The minimum Gasteiger partial charge on any atom is -0.394 e. The Balaban J connectivity index is 1.65. The standard InChI is InChI=1S/C32H55NO25/c1-8-16(42)20(46)22(48)30(51-8)55-25(10(40)3-34)26(11(41)4-35)56-32-24(50)28(19(45)14(7-38)54-32)58-29-15(33-9(2)39)27(18(44)13(6-37)52-29)57-31-23(49)21(47)17(43)12(5-36)53-31/h3,8,10-32,35-38,40-50H,4-7H2,1-2H3,(H,33,39)/t8-,10-,11-,12+,13+,14+,15+,16-,17+,18+,19-,20-,21+,22-,23+,24+,25-,26+,27-,28-,29+,30-,31+,32-/m0/s1. The quantitative estimate of drug-likeness (QED) is 0.0604. The lowest BCUT2D eigenvalue weighted by atomic mass is 9.94. The van der Waals surface area contributed by atoms with Crippen LogP contribution in [0.3, 0.4) is 0 Å². The third kappa shape index (κ3) is 10.6. The van der Waals surface area contributed by atoms with Crippen molar-refractivity contribution in [3.63, 3.8) is 0 Å². The monoisotopic (exact) mass is 853 g/mol. The van der Waals surface area contributed by atoms with Gasteiger partial charge < -0.3 is 125 Å². The molecule has 4 aliphatic heterocycles. The van der Waals surface area contributed by atoms with E-state index in [2.05, 4.69) is 5.32 Å². The van der Waals surface area contributed by atoms with Crippen LogP contribution in [-0.4, -0.2) is 262 Å². The van der Waals surface area contributed by atoms with E-state index in [1.54, 1.807) is 0 Å². The highest BCUT2D eigenvalue weighted by atomic mass is 16.8. The van der Waals surface area contributed by atoms with Crippen LogP contribution in [0.1, 0.15) is 13.8 Å². The van der Waals surface area contributed by atoms with Crippen molar-refractivity contribution >= 4 is 12.2 Å². The molecule has 24 atom stereocenters. The Morgan fingerprint density at radius 2 is 1.07 bits per heavy atom. The third-order valence-corrected chi connectivity index (χ3v) is 10.2. The fourth-order valence-corrected chi connectivity index (χ4v) is 6.91. The zero-order valence-electron chi connectivity index (χ0n) is 31.1. The maximum Gasteiger partial charge on any atom is 0.217 e. The van der Waals surface area contributed by atoms with Gasteiger partial charge in [-0.2, -0.15) is 0 Å². The predicted molar refractivity (Wildman–Crippen MR) is 178 cm³/mol. The van der Waals surface area contributed by atoms with Crippen LogP contribution in [0, 0.1) is 0 Å². The molecule has 4 rings (SSSR count). The summed E-state index contributed by atoms with van der Waals surface area (Å²) in [6.07, 6.45) is -43.9. The first-order valence-corrected chi connectivity index (χ1v) is 18.2. The second kappa shape index (κ2) is 21.3. The molecule has 4 saturated heterocycles. The van der Waals surface area contributed by atoms with Crippen molar-refractivity contribution in [2.75, 3.05) is 26.4 Å². The SMILES string of the molecule is CC(=O)N[C@H]1[C@@H](O[C@H]2[C@@H](O)[C@@H](CO)O[C@@H](O[C@@H]([C@@H](O[C@@H]3O[C@@H](C)[C@H](O)[C@H](O)[C@@H]3O)[C@@H](O)C=O)[C@@H](O)CO)[C@@H]2O)O[C@H](CO)[C@@H](O)[C@H]1O[C@H]1O[C@H](CO)[C@@H](O)[C@@H](O)[C@H]1O. The molecule has 26 nitrogen and oxygen atoms in total. The van der Waals surface area contributed by atoms with Gasteiger partial charge in [0.05, 0.1) is 32.5 Å². The first kappa shape index (κ1) is 48.9. The van der Waals surface area contributed by atoms with Crippen molar-refractivity contribution in [2.24, 2.45) is 0 Å². The summed E-state index contributed by atoms with van der Waals surface area (Å²) >= 11 is 0. The molecule has 0 saturated carbocycles. The number of carbonyl (C=O) groups is 2. The van der Waals surface area contributed by atoms with Gasteiger partial charge in [0, 0.05) is 6.92 Å². The number of aliphatic hydroxyl groups excluding tert-OH is 15. The number of hydrogen-bond acceptors (Lipinski definition) is 25. The molecule has 1 amide bonds. The zero-order valence-corrected chi connectivity index (χ0v) is 31.1. The molecule has 0 radical (unpaired) electrons. The average molecular weight is 854 g/mol. The number of nitrogens with one attached hydrogen (secondary N) is 1. The number of aliphatic hydroxyl groups is 15. The van der Waals surface area contributed by atoms with Crippen LogP contribution in [0.25, 0.3) is 0 Å². The van der Waals surface area contributed by atoms with E-state index in [1.807, 2.05) is 0 Å². The molecule has 0 bridgehead atoms. The summed E-state index contributed by atoms with van der Waals surface area (Å²) < 4.78 is 44.8. The molecular formula is C32H55NO25. The van der Waals surface area contributed by atoms with E-state index in [4.69, 9.17) is 37.9 Å². The van der Waals surface area contributed by atoms with Gasteiger partial charge >= 0.3 is 0 Å². The smallest absolute Gasteiger partial charge is 0.217 e. The van der Waals surface area contributed by atoms with Gasteiger partial charge in [-0.05, 0) is 6.92 Å². The van der Waals surface area contributed by atoms with Gasteiger partial charge in [-0.15, -0.1) is 0 Å². The minimum absolute atomic E-state index is 0.101. The van der Waals surface area contributed by atoms with Crippen LogP contribution in [0.2, 0.25) is 0 Å². The van der Waals surface area contributed by atoms with Crippen LogP contribution in [0.4, 0.5) is 0 Å². The molecule has 4 heterocycles. The Hall–Kier alpha value is -1.78. The zero-order chi connectivity index (χ0) is 43.3. The van der Waals surface area contributed by atoms with Crippen LogP contribution in [-0.2, 0) is 47.5 Å². The van der Waals surface area contributed by atoms with Gasteiger partial charge in [0.1, 0.15) is 116 Å². The highest BCUT2D eigenvalue weighted by Crippen LogP contribution is 2.34. The van der Waals surface area contributed by atoms with Gasteiger partial charge in [0.2, 0.25) is 5.91 Å². The Morgan fingerprint density at radius 3 is 1.62 bits per heavy atom. The molecule has 0 unspecified atom stereocenters. The van der Waals surface area contributed by atoms with E-state index < -0.39 is 180 Å². The first-order chi connectivity index (χ1) is 27.3. The number of amides is 1. The average Bonchev–Trinajstić information content (AvgIpc) is 3.20. The lowest BCUT2D eigenvalue weighted by Gasteiger charge is -2.49. The predicted octanol–water partition coefficient (Wildman–Crippen LogP) is -10.9. The normalized spacial score (nSPS) is 45.8. The van der Waals surface area contributed by atoms with Crippen molar-refractivity contribution in [3.8, 4) is 0 Å². The van der Waals surface area contributed by atoms with E-state index in [0.29, 0.717) is 0 Å². The molecule has 338 valence electrons. The van der Waals surface area contributed by atoms with E-state index in [1.165, 1.54) is 6.92 Å². The Morgan fingerprint density at radius 1 is 0.603 bits per heavy atom. The molecule has 58 heavy (non-hydrogen) atoms. The number of carbonyl (C=O) groups excluding carboxylic acids is 2. The third-order valence-electron chi connectivity index (χ3n) is 10.2. The van der Waals surface area contributed by atoms with Crippen molar-refractivity contribution in [1.29, 1.82) is 0 Å². The second-order valence-corrected chi connectivity index (χ2v) is 14.3. The van der Waals surface area contributed by atoms with E-state index >= 15 is 0 Å². The molecule has 26 heteroatoms. The molecular weight excluding hydrogens is 798 g/mol. The lowest BCUT2D eigenvalue weighted by Crippen LogP contribution is -2.70. The highest BCUT2D eigenvalue weighted by molar-refractivity contribution is 5.73. The van der Waals surface area contributed by atoms with Crippen molar-refractivity contribution in [1.82, 2.24) is 5.32 Å². The van der Waals surface area contributed by atoms with Gasteiger partial charge in [-0.3, -0.25) is 4.79 Å².